The van der Waals surface area contributed by atoms with Crippen molar-refractivity contribution >= 4 is 29.2 Å². The van der Waals surface area contributed by atoms with Crippen molar-refractivity contribution in [3.63, 3.8) is 0 Å². The Hall–Kier alpha value is -2.33. The Morgan fingerprint density at radius 1 is 1.12 bits per heavy atom. The summed E-state index contributed by atoms with van der Waals surface area (Å²) in [6.45, 7) is 3.86. The molecule has 0 heterocycles. The number of anilines is 1. The van der Waals surface area contributed by atoms with E-state index in [0.29, 0.717) is 16.5 Å². The van der Waals surface area contributed by atoms with Gasteiger partial charge in [-0.25, -0.2) is 4.79 Å². The SMILES string of the molecule is CC[C@@H](C)c1ccccc1NC(=O)COC(=O)c1ccc(Cl)cc1. The minimum absolute atomic E-state index is 0.332. The Bertz CT molecular complexity index is 713. The lowest BCUT2D eigenvalue weighted by Crippen LogP contribution is -2.21. The van der Waals surface area contributed by atoms with Gasteiger partial charge in [0.05, 0.1) is 5.56 Å². The van der Waals surface area contributed by atoms with E-state index in [0.717, 1.165) is 17.7 Å². The number of nitrogens with one attached hydrogen (secondary N) is 1. The molecule has 0 unspecified atom stereocenters. The van der Waals surface area contributed by atoms with Crippen molar-refractivity contribution in [2.24, 2.45) is 0 Å². The maximum absolute atomic E-state index is 12.1. The molecule has 0 fully saturated rings. The second kappa shape index (κ2) is 8.50. The fourth-order valence-corrected chi connectivity index (χ4v) is 2.37. The second-order valence-electron chi connectivity index (χ2n) is 5.53. The predicted molar refractivity (Wildman–Crippen MR) is 95.5 cm³/mol. The number of ether oxygens (including phenoxy) is 1. The molecule has 0 aromatic heterocycles. The van der Waals surface area contributed by atoms with Crippen LogP contribution in [0.4, 0.5) is 5.69 Å². The van der Waals surface area contributed by atoms with E-state index in [1.807, 2.05) is 24.3 Å². The second-order valence-corrected chi connectivity index (χ2v) is 5.96. The van der Waals surface area contributed by atoms with Gasteiger partial charge in [-0.3, -0.25) is 4.79 Å². The summed E-state index contributed by atoms with van der Waals surface area (Å²) in [5, 5.41) is 3.34. The molecular formula is C19H20ClNO3. The van der Waals surface area contributed by atoms with Gasteiger partial charge < -0.3 is 10.1 Å². The topological polar surface area (TPSA) is 55.4 Å². The average Bonchev–Trinajstić information content (AvgIpc) is 2.60. The van der Waals surface area contributed by atoms with E-state index in [2.05, 4.69) is 19.2 Å². The molecule has 1 N–H and O–H groups in total. The van der Waals surface area contributed by atoms with Crippen LogP contribution >= 0.6 is 11.6 Å². The highest BCUT2D eigenvalue weighted by molar-refractivity contribution is 6.30. The molecule has 0 bridgehead atoms. The fourth-order valence-electron chi connectivity index (χ4n) is 2.25. The molecule has 5 heteroatoms. The minimum atomic E-state index is -0.558. The van der Waals surface area contributed by atoms with Gasteiger partial charge in [-0.1, -0.05) is 43.6 Å². The predicted octanol–water partition coefficient (Wildman–Crippen LogP) is 4.65. The van der Waals surface area contributed by atoms with E-state index < -0.39 is 5.97 Å². The lowest BCUT2D eigenvalue weighted by Gasteiger charge is -2.15. The van der Waals surface area contributed by atoms with Gasteiger partial charge in [-0.15, -0.1) is 0 Å². The quantitative estimate of drug-likeness (QED) is 0.775. The summed E-state index contributed by atoms with van der Waals surface area (Å²) in [7, 11) is 0. The van der Waals surface area contributed by atoms with Gasteiger partial charge in [-0.2, -0.15) is 0 Å². The van der Waals surface area contributed by atoms with Gasteiger partial charge in [0.1, 0.15) is 0 Å². The van der Waals surface area contributed by atoms with Crippen molar-refractivity contribution in [2.45, 2.75) is 26.2 Å². The first-order chi connectivity index (χ1) is 11.5. The van der Waals surface area contributed by atoms with Gasteiger partial charge >= 0.3 is 5.97 Å². The summed E-state index contributed by atoms with van der Waals surface area (Å²) in [5.74, 6) is -0.594. The highest BCUT2D eigenvalue weighted by Crippen LogP contribution is 2.26. The molecular weight excluding hydrogens is 326 g/mol. The Labute approximate surface area is 146 Å². The zero-order chi connectivity index (χ0) is 17.5. The molecule has 2 rings (SSSR count). The molecule has 2 aromatic carbocycles. The number of hydrogen-bond donors (Lipinski definition) is 1. The van der Waals surface area contributed by atoms with Crippen LogP contribution < -0.4 is 5.32 Å². The van der Waals surface area contributed by atoms with E-state index in [9.17, 15) is 9.59 Å². The first-order valence-corrected chi connectivity index (χ1v) is 8.20. The zero-order valence-electron chi connectivity index (χ0n) is 13.7. The molecule has 126 valence electrons. The summed E-state index contributed by atoms with van der Waals surface area (Å²) in [4.78, 5) is 23.9. The molecule has 0 aliphatic rings. The standard InChI is InChI=1S/C19H20ClNO3/c1-3-13(2)16-6-4-5-7-17(16)21-18(22)12-24-19(23)14-8-10-15(20)11-9-14/h4-11,13H,3,12H2,1-2H3,(H,21,22)/t13-/m1/s1. The maximum atomic E-state index is 12.1. The summed E-state index contributed by atoms with van der Waals surface area (Å²) in [6, 6.07) is 14.0. The Morgan fingerprint density at radius 3 is 2.46 bits per heavy atom. The van der Waals surface area contributed by atoms with E-state index >= 15 is 0 Å². The first-order valence-electron chi connectivity index (χ1n) is 7.82. The number of para-hydroxylation sites is 1. The zero-order valence-corrected chi connectivity index (χ0v) is 14.5. The van der Waals surface area contributed by atoms with Gasteiger partial charge in [0.2, 0.25) is 0 Å². The number of benzene rings is 2. The van der Waals surface area contributed by atoms with Gasteiger partial charge in [0, 0.05) is 10.7 Å². The Morgan fingerprint density at radius 2 is 1.79 bits per heavy atom. The average molecular weight is 346 g/mol. The number of halogens is 1. The normalized spacial score (nSPS) is 11.6. The smallest absolute Gasteiger partial charge is 0.338 e. The molecule has 0 spiro atoms. The third-order valence-corrected chi connectivity index (χ3v) is 4.04. The van der Waals surface area contributed by atoms with Crippen LogP contribution in [0.15, 0.2) is 48.5 Å². The van der Waals surface area contributed by atoms with Crippen molar-refractivity contribution < 1.29 is 14.3 Å². The largest absolute Gasteiger partial charge is 0.452 e. The number of carbonyl (C=O) groups is 2. The van der Waals surface area contributed by atoms with E-state index in [4.69, 9.17) is 16.3 Å². The molecule has 0 aliphatic carbocycles. The lowest BCUT2D eigenvalue weighted by atomic mass is 9.97. The molecule has 0 saturated heterocycles. The highest BCUT2D eigenvalue weighted by atomic mass is 35.5. The monoisotopic (exact) mass is 345 g/mol. The number of rotatable bonds is 6. The third kappa shape index (κ3) is 4.83. The van der Waals surface area contributed by atoms with Crippen molar-refractivity contribution in [3.8, 4) is 0 Å². The van der Waals surface area contributed by atoms with Crippen molar-refractivity contribution in [1.82, 2.24) is 0 Å². The molecule has 0 aliphatic heterocycles. The van der Waals surface area contributed by atoms with Gasteiger partial charge in [0.15, 0.2) is 6.61 Å². The van der Waals surface area contributed by atoms with Crippen LogP contribution in [0.5, 0.6) is 0 Å². The number of amides is 1. The number of hydrogen-bond acceptors (Lipinski definition) is 3. The van der Waals surface area contributed by atoms with E-state index in [1.165, 1.54) is 0 Å². The van der Waals surface area contributed by atoms with Crippen molar-refractivity contribution in [3.05, 3.63) is 64.7 Å². The highest BCUT2D eigenvalue weighted by Gasteiger charge is 2.13. The van der Waals surface area contributed by atoms with Crippen LogP contribution in [0.3, 0.4) is 0 Å². The van der Waals surface area contributed by atoms with E-state index in [-0.39, 0.29) is 12.5 Å². The maximum Gasteiger partial charge on any atom is 0.338 e. The third-order valence-electron chi connectivity index (χ3n) is 3.79. The molecule has 1 amide bonds. The van der Waals surface area contributed by atoms with Crippen molar-refractivity contribution in [2.75, 3.05) is 11.9 Å². The van der Waals surface area contributed by atoms with E-state index in [1.54, 1.807) is 24.3 Å². The van der Waals surface area contributed by atoms with Crippen LogP contribution in [0.2, 0.25) is 5.02 Å². The molecule has 1 atom stereocenters. The Kier molecular flexibility index (Phi) is 6.38. The Balaban J connectivity index is 1.94. The summed E-state index contributed by atoms with van der Waals surface area (Å²) >= 11 is 5.77. The molecule has 24 heavy (non-hydrogen) atoms. The minimum Gasteiger partial charge on any atom is -0.452 e. The summed E-state index contributed by atoms with van der Waals surface area (Å²) in [5.41, 5.74) is 2.17. The van der Waals surface area contributed by atoms with Crippen LogP contribution in [-0.2, 0) is 9.53 Å². The van der Waals surface area contributed by atoms with Crippen molar-refractivity contribution in [1.29, 1.82) is 0 Å². The molecule has 2 aromatic rings. The lowest BCUT2D eigenvalue weighted by molar-refractivity contribution is -0.119. The van der Waals surface area contributed by atoms with Crippen LogP contribution in [0.1, 0.15) is 42.1 Å². The number of carbonyl (C=O) groups excluding carboxylic acids is 2. The molecule has 0 radical (unpaired) electrons. The number of esters is 1. The van der Waals surface area contributed by atoms with Gasteiger partial charge in [-0.05, 0) is 48.2 Å². The first kappa shape index (κ1) is 18.0. The van der Waals surface area contributed by atoms with Crippen LogP contribution in [0.25, 0.3) is 0 Å². The summed E-state index contributed by atoms with van der Waals surface area (Å²) in [6.07, 6.45) is 0.971. The van der Waals surface area contributed by atoms with Crippen LogP contribution in [0, 0.1) is 0 Å². The molecule has 4 nitrogen and oxygen atoms in total. The van der Waals surface area contributed by atoms with Gasteiger partial charge in [0.25, 0.3) is 5.91 Å². The van der Waals surface area contributed by atoms with Crippen LogP contribution in [-0.4, -0.2) is 18.5 Å². The molecule has 0 saturated carbocycles. The fraction of sp³-hybridized carbons (Fsp3) is 0.263. The summed E-state index contributed by atoms with van der Waals surface area (Å²) < 4.78 is 5.03.